The highest BCUT2D eigenvalue weighted by atomic mass is 31.2. The van der Waals surface area contributed by atoms with Crippen LogP contribution in [-0.4, -0.2) is 55.5 Å². The summed E-state index contributed by atoms with van der Waals surface area (Å²) < 4.78 is 11.3. The molecule has 0 bridgehead atoms. The number of hydrogen-bond donors (Lipinski definition) is 1. The highest BCUT2D eigenvalue weighted by molar-refractivity contribution is 7.57. The SMILES string of the molecule is CN(C)CP(=O)(O)CN(C)C. The predicted octanol–water partition coefficient (Wildman–Crippen LogP) is 0.295. The smallest absolute Gasteiger partial charge is 0.227 e. The molecule has 0 aliphatic heterocycles. The van der Waals surface area contributed by atoms with E-state index in [0.717, 1.165) is 0 Å². The van der Waals surface area contributed by atoms with E-state index in [1.807, 2.05) is 0 Å². The molecule has 1 N–H and O–H groups in total. The van der Waals surface area contributed by atoms with E-state index in [9.17, 15) is 9.46 Å². The zero-order valence-electron chi connectivity index (χ0n) is 7.61. The second kappa shape index (κ2) is 4.21. The highest BCUT2D eigenvalue weighted by Gasteiger charge is 2.19. The Kier molecular flexibility index (Phi) is 4.26. The monoisotopic (exact) mass is 180 g/mol. The molecule has 4 nitrogen and oxygen atoms in total. The van der Waals surface area contributed by atoms with E-state index in [1.165, 1.54) is 0 Å². The number of nitrogens with zero attached hydrogens (tertiary/aromatic N) is 2. The van der Waals surface area contributed by atoms with Gasteiger partial charge in [-0.1, -0.05) is 0 Å². The fourth-order valence-corrected chi connectivity index (χ4v) is 2.79. The van der Waals surface area contributed by atoms with Gasteiger partial charge in [0.2, 0.25) is 7.37 Å². The van der Waals surface area contributed by atoms with Crippen LogP contribution >= 0.6 is 7.37 Å². The molecule has 0 rings (SSSR count). The Labute approximate surface area is 68.3 Å². The standard InChI is InChI=1S/C6H17N2O2P/c1-7(2)5-11(9,10)6-8(3)4/h5-6H2,1-4H3,(H,9,10). The fourth-order valence-electron chi connectivity index (χ4n) is 0.929. The van der Waals surface area contributed by atoms with Crippen LogP contribution in [0.4, 0.5) is 0 Å². The van der Waals surface area contributed by atoms with Crippen molar-refractivity contribution in [3.8, 4) is 0 Å². The highest BCUT2D eigenvalue weighted by Crippen LogP contribution is 2.40. The zero-order chi connectivity index (χ0) is 9.07. The van der Waals surface area contributed by atoms with Crippen LogP contribution in [0.1, 0.15) is 0 Å². The van der Waals surface area contributed by atoms with Crippen molar-refractivity contribution in [3.05, 3.63) is 0 Å². The van der Waals surface area contributed by atoms with E-state index in [-0.39, 0.29) is 12.6 Å². The minimum absolute atomic E-state index is 0.255. The molecule has 68 valence electrons. The van der Waals surface area contributed by atoms with Crippen molar-refractivity contribution in [1.82, 2.24) is 9.80 Å². The summed E-state index contributed by atoms with van der Waals surface area (Å²) in [6.07, 6.45) is 0.510. The van der Waals surface area contributed by atoms with E-state index < -0.39 is 7.37 Å². The summed E-state index contributed by atoms with van der Waals surface area (Å²) in [7, 11) is 4.21. The molecular weight excluding hydrogens is 163 g/mol. The number of hydrogen-bond acceptors (Lipinski definition) is 3. The molecule has 0 aromatic rings. The largest absolute Gasteiger partial charge is 0.343 e. The summed E-state index contributed by atoms with van der Waals surface area (Å²) in [5.41, 5.74) is 0. The van der Waals surface area contributed by atoms with Gasteiger partial charge >= 0.3 is 0 Å². The molecule has 0 spiro atoms. The van der Waals surface area contributed by atoms with Crippen LogP contribution in [0.2, 0.25) is 0 Å². The normalized spacial score (nSPS) is 13.0. The van der Waals surface area contributed by atoms with Crippen molar-refractivity contribution in [2.45, 2.75) is 0 Å². The van der Waals surface area contributed by atoms with Crippen molar-refractivity contribution < 1.29 is 9.46 Å². The molecule has 11 heavy (non-hydrogen) atoms. The first-order chi connectivity index (χ1) is 4.83. The first-order valence-corrected chi connectivity index (χ1v) is 5.47. The third-order valence-corrected chi connectivity index (χ3v) is 3.02. The van der Waals surface area contributed by atoms with Gasteiger partial charge < -0.3 is 14.7 Å². The lowest BCUT2D eigenvalue weighted by molar-refractivity contribution is 0.381. The second-order valence-corrected chi connectivity index (χ2v) is 5.55. The maximum atomic E-state index is 11.3. The molecule has 0 radical (unpaired) electrons. The first-order valence-electron chi connectivity index (χ1n) is 3.44. The Hall–Kier alpha value is 0.110. The third kappa shape index (κ3) is 6.51. The van der Waals surface area contributed by atoms with Gasteiger partial charge in [0.15, 0.2) is 0 Å². The average molecular weight is 180 g/mol. The molecule has 0 fully saturated rings. The van der Waals surface area contributed by atoms with Crippen molar-refractivity contribution >= 4 is 7.37 Å². The first kappa shape index (κ1) is 11.1. The summed E-state index contributed by atoms with van der Waals surface area (Å²) in [4.78, 5) is 12.8. The molecule has 0 aromatic heterocycles. The van der Waals surface area contributed by atoms with Gasteiger partial charge in [0.05, 0.1) is 12.6 Å². The third-order valence-electron chi connectivity index (χ3n) is 1.01. The van der Waals surface area contributed by atoms with Gasteiger partial charge in [-0.15, -0.1) is 0 Å². The van der Waals surface area contributed by atoms with Crippen LogP contribution in [0.15, 0.2) is 0 Å². The van der Waals surface area contributed by atoms with E-state index in [4.69, 9.17) is 0 Å². The summed E-state index contributed by atoms with van der Waals surface area (Å²) >= 11 is 0. The molecule has 0 saturated carbocycles. The Balaban J connectivity index is 3.91. The summed E-state index contributed by atoms with van der Waals surface area (Å²) in [6.45, 7) is 0. The van der Waals surface area contributed by atoms with Gasteiger partial charge in [-0.25, -0.2) is 0 Å². The van der Waals surface area contributed by atoms with Gasteiger partial charge in [0.1, 0.15) is 0 Å². The minimum atomic E-state index is -2.95. The van der Waals surface area contributed by atoms with Crippen molar-refractivity contribution in [2.75, 3.05) is 40.8 Å². The van der Waals surface area contributed by atoms with Crippen LogP contribution in [-0.2, 0) is 4.57 Å². The molecule has 5 heteroatoms. The van der Waals surface area contributed by atoms with Gasteiger partial charge in [-0.05, 0) is 28.2 Å². The Morgan fingerprint density at radius 2 is 1.36 bits per heavy atom. The van der Waals surface area contributed by atoms with Gasteiger partial charge in [-0.2, -0.15) is 0 Å². The molecule has 0 aromatic carbocycles. The van der Waals surface area contributed by atoms with Crippen LogP contribution in [0, 0.1) is 0 Å². The molecule has 0 aliphatic rings. The van der Waals surface area contributed by atoms with E-state index in [2.05, 4.69) is 0 Å². The second-order valence-electron chi connectivity index (χ2n) is 3.29. The van der Waals surface area contributed by atoms with E-state index in [1.54, 1.807) is 38.0 Å². The van der Waals surface area contributed by atoms with Gasteiger partial charge in [-0.3, -0.25) is 4.57 Å². The van der Waals surface area contributed by atoms with Crippen LogP contribution < -0.4 is 0 Å². The maximum absolute atomic E-state index is 11.3. The lowest BCUT2D eigenvalue weighted by Crippen LogP contribution is -2.20. The van der Waals surface area contributed by atoms with Gasteiger partial charge in [0, 0.05) is 0 Å². The quantitative estimate of drug-likeness (QED) is 0.632. The van der Waals surface area contributed by atoms with Crippen molar-refractivity contribution in [1.29, 1.82) is 0 Å². The Bertz CT molecular complexity index is 145. The lowest BCUT2D eigenvalue weighted by Gasteiger charge is -2.19. The van der Waals surface area contributed by atoms with Crippen LogP contribution in [0.3, 0.4) is 0 Å². The molecule has 0 aliphatic carbocycles. The molecule has 0 saturated heterocycles. The minimum Gasteiger partial charge on any atom is -0.343 e. The summed E-state index contributed by atoms with van der Waals surface area (Å²) in [5, 5.41) is 0. The van der Waals surface area contributed by atoms with Crippen molar-refractivity contribution in [3.63, 3.8) is 0 Å². The van der Waals surface area contributed by atoms with Crippen molar-refractivity contribution in [2.24, 2.45) is 0 Å². The van der Waals surface area contributed by atoms with Crippen LogP contribution in [0.5, 0.6) is 0 Å². The molecule has 0 amide bonds. The zero-order valence-corrected chi connectivity index (χ0v) is 8.51. The lowest BCUT2D eigenvalue weighted by atomic mass is 11.0. The topological polar surface area (TPSA) is 43.8 Å². The summed E-state index contributed by atoms with van der Waals surface area (Å²) in [6, 6.07) is 0. The fraction of sp³-hybridized carbons (Fsp3) is 1.00. The Morgan fingerprint density at radius 3 is 1.55 bits per heavy atom. The maximum Gasteiger partial charge on any atom is 0.227 e. The predicted molar refractivity (Wildman–Crippen MR) is 46.9 cm³/mol. The molecule has 0 atom stereocenters. The summed E-state index contributed by atoms with van der Waals surface area (Å²) in [5.74, 6) is 0. The Morgan fingerprint density at radius 1 is 1.09 bits per heavy atom. The molecular formula is C6H17N2O2P. The van der Waals surface area contributed by atoms with Gasteiger partial charge in [0.25, 0.3) is 0 Å². The average Bonchev–Trinajstić information content (AvgIpc) is 1.53. The van der Waals surface area contributed by atoms with E-state index in [0.29, 0.717) is 0 Å². The van der Waals surface area contributed by atoms with E-state index >= 15 is 0 Å². The molecule has 0 unspecified atom stereocenters. The van der Waals surface area contributed by atoms with Crippen LogP contribution in [0.25, 0.3) is 0 Å². The molecule has 0 heterocycles. The number of rotatable bonds is 4.